The van der Waals surface area contributed by atoms with E-state index in [1.165, 1.54) is 44.9 Å². The molecule has 1 heterocycles. The summed E-state index contributed by atoms with van der Waals surface area (Å²) >= 11 is 0. The first kappa shape index (κ1) is 18.1. The predicted molar refractivity (Wildman–Crippen MR) is 95.4 cm³/mol. The van der Waals surface area contributed by atoms with Crippen molar-refractivity contribution in [2.24, 2.45) is 21.5 Å². The molecular weight excluding hydrogens is 274 g/mol. The first-order valence-electron chi connectivity index (χ1n) is 8.23. The molecule has 0 aromatic rings. The van der Waals surface area contributed by atoms with Gasteiger partial charge in [-0.3, -0.25) is 5.41 Å². The number of nitrogens with two attached hydrogens (primary N) is 2. The van der Waals surface area contributed by atoms with Gasteiger partial charge in [0.1, 0.15) is 11.4 Å². The molecule has 5 heteroatoms. The van der Waals surface area contributed by atoms with Crippen molar-refractivity contribution in [3.8, 4) is 0 Å². The van der Waals surface area contributed by atoms with Gasteiger partial charge in [0.15, 0.2) is 11.7 Å². The molecule has 0 saturated heterocycles. The van der Waals surface area contributed by atoms with Gasteiger partial charge in [-0.1, -0.05) is 58.4 Å². The van der Waals surface area contributed by atoms with Crippen LogP contribution in [-0.2, 0) is 0 Å². The third-order valence-corrected chi connectivity index (χ3v) is 3.76. The van der Waals surface area contributed by atoms with E-state index in [9.17, 15) is 0 Å². The molecule has 5 N–H and O–H groups in total. The van der Waals surface area contributed by atoms with Gasteiger partial charge in [0.25, 0.3) is 0 Å². The van der Waals surface area contributed by atoms with Crippen LogP contribution in [0.25, 0.3) is 0 Å². The lowest BCUT2D eigenvalue weighted by Gasteiger charge is -2.04. The predicted octanol–water partition coefficient (Wildman–Crippen LogP) is 3.66. The fourth-order valence-corrected chi connectivity index (χ4v) is 2.39. The smallest absolute Gasteiger partial charge is 0.172 e. The van der Waals surface area contributed by atoms with Crippen LogP contribution in [0.2, 0.25) is 0 Å². The van der Waals surface area contributed by atoms with E-state index in [0.29, 0.717) is 5.70 Å². The van der Waals surface area contributed by atoms with Gasteiger partial charge in [-0.25, -0.2) is 9.98 Å². The molecule has 0 fully saturated rings. The van der Waals surface area contributed by atoms with Gasteiger partial charge in [-0.2, -0.15) is 0 Å². The molecule has 0 atom stereocenters. The molecule has 0 saturated carbocycles. The Balaban J connectivity index is 2.34. The van der Waals surface area contributed by atoms with Crippen molar-refractivity contribution >= 4 is 17.4 Å². The third-order valence-electron chi connectivity index (χ3n) is 3.76. The quantitative estimate of drug-likeness (QED) is 0.400. The van der Waals surface area contributed by atoms with Crippen LogP contribution in [-0.4, -0.2) is 17.4 Å². The number of hydrogen-bond donors (Lipinski definition) is 3. The maximum Gasteiger partial charge on any atom is 0.172 e. The van der Waals surface area contributed by atoms with Gasteiger partial charge >= 0.3 is 0 Å². The first-order valence-corrected chi connectivity index (χ1v) is 8.23. The highest BCUT2D eigenvalue weighted by Gasteiger charge is 2.19. The average molecular weight is 303 g/mol. The number of aliphatic imine (C=N–C) groups is 2. The Bertz CT molecular complexity index is 485. The Morgan fingerprint density at radius 2 is 1.73 bits per heavy atom. The second-order valence-electron chi connectivity index (χ2n) is 5.64. The molecule has 1 aliphatic rings. The highest BCUT2D eigenvalue weighted by atomic mass is 15.0. The summed E-state index contributed by atoms with van der Waals surface area (Å²) in [6, 6.07) is 0. The second kappa shape index (κ2) is 9.92. The summed E-state index contributed by atoms with van der Waals surface area (Å²) in [7, 11) is 0. The van der Waals surface area contributed by atoms with Crippen molar-refractivity contribution in [2.45, 2.75) is 64.7 Å². The van der Waals surface area contributed by atoms with Crippen molar-refractivity contribution in [1.82, 2.24) is 0 Å². The summed E-state index contributed by atoms with van der Waals surface area (Å²) in [5.41, 5.74) is 13.0. The Morgan fingerprint density at radius 1 is 1.14 bits per heavy atom. The first-order chi connectivity index (χ1) is 10.6. The molecule has 5 nitrogen and oxygen atoms in total. The van der Waals surface area contributed by atoms with E-state index < -0.39 is 0 Å². The Labute approximate surface area is 133 Å². The molecule has 0 spiro atoms. The normalized spacial score (nSPS) is 15.4. The minimum absolute atomic E-state index is 0.00765. The molecule has 0 unspecified atom stereocenters. The Morgan fingerprint density at radius 3 is 2.23 bits per heavy atom. The van der Waals surface area contributed by atoms with Crippen molar-refractivity contribution in [2.75, 3.05) is 0 Å². The molecule has 0 aromatic heterocycles. The summed E-state index contributed by atoms with van der Waals surface area (Å²) in [5.74, 6) is 0.213. The summed E-state index contributed by atoms with van der Waals surface area (Å²) < 4.78 is 0. The number of unbranched alkanes of at least 4 members (excludes halogenated alkanes) is 7. The Hall–Kier alpha value is -1.91. The van der Waals surface area contributed by atoms with Crippen LogP contribution in [0.3, 0.4) is 0 Å². The van der Waals surface area contributed by atoms with Crippen molar-refractivity contribution in [3.63, 3.8) is 0 Å². The summed E-state index contributed by atoms with van der Waals surface area (Å²) in [4.78, 5) is 8.24. The van der Waals surface area contributed by atoms with Crippen LogP contribution >= 0.6 is 0 Å². The highest BCUT2D eigenvalue weighted by molar-refractivity contribution is 6.19. The zero-order valence-electron chi connectivity index (χ0n) is 13.7. The fraction of sp³-hybridized carbons (Fsp3) is 0.588. The highest BCUT2D eigenvalue weighted by Crippen LogP contribution is 2.14. The number of hydrogen-bond acceptors (Lipinski definition) is 4. The molecule has 1 aliphatic heterocycles. The van der Waals surface area contributed by atoms with Gasteiger partial charge in [0.2, 0.25) is 0 Å². The molecule has 22 heavy (non-hydrogen) atoms. The van der Waals surface area contributed by atoms with Gasteiger partial charge < -0.3 is 11.5 Å². The lowest BCUT2D eigenvalue weighted by Crippen LogP contribution is -2.14. The average Bonchev–Trinajstić information content (AvgIpc) is 2.74. The number of nitrogens with one attached hydrogen (secondary N) is 1. The zero-order chi connectivity index (χ0) is 16.4. The van der Waals surface area contributed by atoms with Crippen molar-refractivity contribution in [1.29, 1.82) is 5.41 Å². The largest absolute Gasteiger partial charge is 0.394 e. The van der Waals surface area contributed by atoms with Crippen LogP contribution in [0, 0.1) is 5.41 Å². The summed E-state index contributed by atoms with van der Waals surface area (Å²) in [6.45, 7) is 6.03. The monoisotopic (exact) mass is 303 g/mol. The SMILES string of the molecule is C=C/C(CCCCCCCCCC)=N\C1=C(N)C(=N)N=C1N. The van der Waals surface area contributed by atoms with Crippen LogP contribution in [0.4, 0.5) is 0 Å². The van der Waals surface area contributed by atoms with Crippen LogP contribution < -0.4 is 11.5 Å². The molecule has 122 valence electrons. The van der Waals surface area contributed by atoms with E-state index in [0.717, 1.165) is 18.6 Å². The molecule has 0 radical (unpaired) electrons. The van der Waals surface area contributed by atoms with E-state index in [1.807, 2.05) is 0 Å². The third kappa shape index (κ3) is 5.84. The minimum atomic E-state index is -0.00765. The van der Waals surface area contributed by atoms with Gasteiger partial charge in [-0.05, 0) is 18.9 Å². The van der Waals surface area contributed by atoms with Crippen molar-refractivity contribution in [3.05, 3.63) is 24.0 Å². The molecule has 0 bridgehead atoms. The van der Waals surface area contributed by atoms with Gasteiger partial charge in [0.05, 0.1) is 0 Å². The van der Waals surface area contributed by atoms with E-state index >= 15 is 0 Å². The van der Waals surface area contributed by atoms with E-state index in [4.69, 9.17) is 16.9 Å². The zero-order valence-corrected chi connectivity index (χ0v) is 13.7. The van der Waals surface area contributed by atoms with E-state index in [1.54, 1.807) is 6.08 Å². The van der Waals surface area contributed by atoms with Crippen LogP contribution in [0.1, 0.15) is 64.7 Å². The maximum absolute atomic E-state index is 7.53. The van der Waals surface area contributed by atoms with Gasteiger partial charge in [0, 0.05) is 5.71 Å². The fourth-order valence-electron chi connectivity index (χ4n) is 2.39. The Kier molecular flexibility index (Phi) is 8.18. The standard InChI is InChI=1S/C17H29N5/c1-3-5-6-7-8-9-10-11-12-13(4-2)21-15-14(18)16(19)22-17(15)20/h4H,2-3,5-12H2,1H3,(H5,18,19,20,22)/b21-13+. The number of amidine groups is 2. The minimum Gasteiger partial charge on any atom is -0.394 e. The number of rotatable bonds is 11. The molecule has 0 aromatic carbocycles. The number of allylic oxidation sites excluding steroid dienone is 1. The second-order valence-corrected chi connectivity index (χ2v) is 5.64. The lowest BCUT2D eigenvalue weighted by atomic mass is 10.1. The summed E-state index contributed by atoms with van der Waals surface area (Å²) in [6.07, 6.45) is 12.8. The maximum atomic E-state index is 7.53. The van der Waals surface area contributed by atoms with Crippen LogP contribution in [0.5, 0.6) is 0 Å². The number of nitrogens with zero attached hydrogens (tertiary/aromatic N) is 2. The molecular formula is C17H29N5. The molecule has 0 amide bonds. The summed E-state index contributed by atoms with van der Waals surface area (Å²) in [5, 5.41) is 7.53. The topological polar surface area (TPSA) is 101 Å². The molecule has 0 aliphatic carbocycles. The van der Waals surface area contributed by atoms with E-state index in [2.05, 4.69) is 23.5 Å². The lowest BCUT2D eigenvalue weighted by molar-refractivity contribution is 0.580. The van der Waals surface area contributed by atoms with E-state index in [-0.39, 0.29) is 17.4 Å². The molecule has 1 rings (SSSR count). The van der Waals surface area contributed by atoms with Crippen LogP contribution in [0.15, 0.2) is 34.0 Å². The van der Waals surface area contributed by atoms with Crippen molar-refractivity contribution < 1.29 is 0 Å². The van der Waals surface area contributed by atoms with Gasteiger partial charge in [-0.15, -0.1) is 0 Å².